The van der Waals surface area contributed by atoms with Crippen molar-refractivity contribution in [2.45, 2.75) is 33.1 Å². The van der Waals surface area contributed by atoms with Crippen molar-refractivity contribution in [1.82, 2.24) is 19.8 Å². The summed E-state index contributed by atoms with van der Waals surface area (Å²) in [4.78, 5) is 4.31. The number of aryl methyl sites for hydroxylation is 1. The predicted molar refractivity (Wildman–Crippen MR) is 54.2 cm³/mol. The minimum Gasteiger partial charge on any atom is -0.234 e. The molecular weight excluding hydrogens is 176 g/mol. The Morgan fingerprint density at radius 3 is 2.57 bits per heavy atom. The minimum absolute atomic E-state index is 0.0574. The highest BCUT2D eigenvalue weighted by molar-refractivity contribution is 5.52. The molecule has 2 heterocycles. The molecule has 0 radical (unpaired) electrons. The summed E-state index contributed by atoms with van der Waals surface area (Å²) in [6, 6.07) is 0. The average Bonchev–Trinajstić information content (AvgIpc) is 2.38. The maximum atomic E-state index is 4.32. The summed E-state index contributed by atoms with van der Waals surface area (Å²) in [6.07, 6.45) is 3.34. The van der Waals surface area contributed by atoms with Crippen LogP contribution < -0.4 is 0 Å². The first-order valence-corrected chi connectivity index (χ1v) is 4.67. The van der Waals surface area contributed by atoms with Gasteiger partial charge in [-0.25, -0.2) is 4.98 Å². The standard InChI is InChI=1S/C10H14N4/c1-7-8(10(2,3)4)9-11-5-6-12-14(9)13-7/h5-6H,1-4H3. The largest absolute Gasteiger partial charge is 0.234 e. The van der Waals surface area contributed by atoms with E-state index in [1.165, 1.54) is 5.56 Å². The van der Waals surface area contributed by atoms with Crippen LogP contribution in [0.3, 0.4) is 0 Å². The Bertz CT molecular complexity index is 464. The highest BCUT2D eigenvalue weighted by Crippen LogP contribution is 2.27. The molecule has 0 N–H and O–H groups in total. The van der Waals surface area contributed by atoms with E-state index < -0.39 is 0 Å². The van der Waals surface area contributed by atoms with Gasteiger partial charge in [0.15, 0.2) is 5.65 Å². The van der Waals surface area contributed by atoms with E-state index in [4.69, 9.17) is 0 Å². The normalized spacial score (nSPS) is 12.3. The first-order valence-electron chi connectivity index (χ1n) is 4.67. The van der Waals surface area contributed by atoms with Crippen LogP contribution in [0.25, 0.3) is 5.65 Å². The van der Waals surface area contributed by atoms with Gasteiger partial charge in [0.1, 0.15) is 0 Å². The zero-order valence-electron chi connectivity index (χ0n) is 8.94. The maximum absolute atomic E-state index is 4.32. The predicted octanol–water partition coefficient (Wildman–Crippen LogP) is 1.73. The number of aromatic nitrogens is 4. The Morgan fingerprint density at radius 2 is 1.93 bits per heavy atom. The molecule has 14 heavy (non-hydrogen) atoms. The van der Waals surface area contributed by atoms with E-state index in [1.54, 1.807) is 17.0 Å². The molecule has 2 aromatic rings. The van der Waals surface area contributed by atoms with E-state index in [-0.39, 0.29) is 5.41 Å². The van der Waals surface area contributed by atoms with E-state index in [0.29, 0.717) is 0 Å². The Hall–Kier alpha value is -1.45. The zero-order valence-corrected chi connectivity index (χ0v) is 8.94. The van der Waals surface area contributed by atoms with E-state index in [2.05, 4.69) is 36.0 Å². The van der Waals surface area contributed by atoms with Gasteiger partial charge in [-0.2, -0.15) is 10.2 Å². The average molecular weight is 190 g/mol. The minimum atomic E-state index is 0.0574. The molecule has 2 rings (SSSR count). The van der Waals surface area contributed by atoms with Crippen LogP contribution in [0.15, 0.2) is 12.4 Å². The molecule has 4 nitrogen and oxygen atoms in total. The second-order valence-electron chi connectivity index (χ2n) is 4.47. The van der Waals surface area contributed by atoms with Crippen molar-refractivity contribution in [3.05, 3.63) is 23.7 Å². The summed E-state index contributed by atoms with van der Waals surface area (Å²) < 4.78 is 1.59. The molecule has 0 saturated heterocycles. The highest BCUT2D eigenvalue weighted by Gasteiger charge is 2.23. The molecular formula is C10H14N4. The molecule has 0 aromatic carbocycles. The summed E-state index contributed by atoms with van der Waals surface area (Å²) >= 11 is 0. The van der Waals surface area contributed by atoms with Crippen LogP contribution in [0.2, 0.25) is 0 Å². The molecule has 0 saturated carbocycles. The van der Waals surface area contributed by atoms with Gasteiger partial charge >= 0.3 is 0 Å². The molecule has 0 spiro atoms. The van der Waals surface area contributed by atoms with E-state index in [1.807, 2.05) is 6.92 Å². The van der Waals surface area contributed by atoms with E-state index in [9.17, 15) is 0 Å². The van der Waals surface area contributed by atoms with Crippen molar-refractivity contribution in [1.29, 1.82) is 0 Å². The Labute approximate surface area is 83.0 Å². The molecule has 0 fully saturated rings. The maximum Gasteiger partial charge on any atom is 0.179 e. The molecule has 2 aromatic heterocycles. The number of rotatable bonds is 0. The lowest BCUT2D eigenvalue weighted by atomic mass is 9.87. The van der Waals surface area contributed by atoms with Gasteiger partial charge in [0.25, 0.3) is 0 Å². The van der Waals surface area contributed by atoms with Gasteiger partial charge in [-0.1, -0.05) is 20.8 Å². The van der Waals surface area contributed by atoms with E-state index in [0.717, 1.165) is 11.3 Å². The summed E-state index contributed by atoms with van der Waals surface area (Å²) in [7, 11) is 0. The molecule has 0 bridgehead atoms. The number of hydrogen-bond acceptors (Lipinski definition) is 3. The molecule has 0 aliphatic rings. The molecule has 0 amide bonds. The van der Waals surface area contributed by atoms with Crippen LogP contribution in [0, 0.1) is 6.92 Å². The summed E-state index contributed by atoms with van der Waals surface area (Å²) in [5.41, 5.74) is 3.09. The van der Waals surface area contributed by atoms with Gasteiger partial charge in [-0.3, -0.25) is 0 Å². The van der Waals surface area contributed by atoms with Crippen molar-refractivity contribution >= 4 is 5.65 Å². The van der Waals surface area contributed by atoms with Crippen LogP contribution in [0.1, 0.15) is 32.0 Å². The van der Waals surface area contributed by atoms with Crippen LogP contribution in [0.4, 0.5) is 0 Å². The third-order valence-corrected chi connectivity index (χ3v) is 2.21. The fourth-order valence-electron chi connectivity index (χ4n) is 1.77. The van der Waals surface area contributed by atoms with Crippen molar-refractivity contribution < 1.29 is 0 Å². The number of fused-ring (bicyclic) bond motifs is 1. The monoisotopic (exact) mass is 190 g/mol. The van der Waals surface area contributed by atoms with Crippen LogP contribution in [0.5, 0.6) is 0 Å². The lowest BCUT2D eigenvalue weighted by Gasteiger charge is -2.17. The molecule has 0 unspecified atom stereocenters. The van der Waals surface area contributed by atoms with Crippen LogP contribution >= 0.6 is 0 Å². The summed E-state index contributed by atoms with van der Waals surface area (Å²) in [5, 5.41) is 8.44. The molecule has 4 heteroatoms. The van der Waals surface area contributed by atoms with Crippen molar-refractivity contribution in [3.8, 4) is 0 Å². The summed E-state index contributed by atoms with van der Waals surface area (Å²) in [6.45, 7) is 8.47. The number of nitrogens with zero attached hydrogens (tertiary/aromatic N) is 4. The van der Waals surface area contributed by atoms with E-state index >= 15 is 0 Å². The SMILES string of the molecule is Cc1nn2nccnc2c1C(C)(C)C. The third kappa shape index (κ3) is 1.27. The van der Waals surface area contributed by atoms with Gasteiger partial charge in [0.05, 0.1) is 11.9 Å². The van der Waals surface area contributed by atoms with Gasteiger partial charge < -0.3 is 0 Å². The van der Waals surface area contributed by atoms with Crippen molar-refractivity contribution in [2.75, 3.05) is 0 Å². The lowest BCUT2D eigenvalue weighted by Crippen LogP contribution is -2.12. The first-order chi connectivity index (χ1) is 6.50. The fourth-order valence-corrected chi connectivity index (χ4v) is 1.77. The Morgan fingerprint density at radius 1 is 1.21 bits per heavy atom. The molecule has 74 valence electrons. The van der Waals surface area contributed by atoms with Crippen molar-refractivity contribution in [3.63, 3.8) is 0 Å². The highest BCUT2D eigenvalue weighted by atomic mass is 15.4. The van der Waals surface area contributed by atoms with Gasteiger partial charge in [-0.15, -0.1) is 4.63 Å². The molecule has 0 aliphatic carbocycles. The number of hydrogen-bond donors (Lipinski definition) is 0. The molecule has 0 aliphatic heterocycles. The van der Waals surface area contributed by atoms with Gasteiger partial charge in [0, 0.05) is 11.8 Å². The first kappa shape index (κ1) is 9.12. The quantitative estimate of drug-likeness (QED) is 0.635. The Kier molecular flexibility index (Phi) is 1.80. The molecule has 0 atom stereocenters. The second kappa shape index (κ2) is 2.77. The van der Waals surface area contributed by atoms with Crippen molar-refractivity contribution in [2.24, 2.45) is 0 Å². The lowest BCUT2D eigenvalue weighted by molar-refractivity contribution is 0.590. The third-order valence-electron chi connectivity index (χ3n) is 2.21. The Balaban J connectivity index is 2.81. The van der Waals surface area contributed by atoms with Gasteiger partial charge in [-0.05, 0) is 12.3 Å². The fraction of sp³-hybridized carbons (Fsp3) is 0.500. The summed E-state index contributed by atoms with van der Waals surface area (Å²) in [5.74, 6) is 0. The van der Waals surface area contributed by atoms with Crippen LogP contribution in [-0.2, 0) is 5.41 Å². The smallest absolute Gasteiger partial charge is 0.179 e. The topological polar surface area (TPSA) is 43.1 Å². The van der Waals surface area contributed by atoms with Gasteiger partial charge in [0.2, 0.25) is 0 Å². The second-order valence-corrected chi connectivity index (χ2v) is 4.47. The zero-order chi connectivity index (χ0) is 10.3. The van der Waals surface area contributed by atoms with Crippen LogP contribution in [-0.4, -0.2) is 19.8 Å².